The van der Waals surface area contributed by atoms with Gasteiger partial charge in [-0.2, -0.15) is 0 Å². The van der Waals surface area contributed by atoms with Crippen LogP contribution in [0.3, 0.4) is 0 Å². The van der Waals surface area contributed by atoms with Gasteiger partial charge >= 0.3 is 0 Å². The molecule has 4 heteroatoms. The lowest BCUT2D eigenvalue weighted by atomic mass is 9.98. The molecule has 0 radical (unpaired) electrons. The number of hydrogen-bond donors (Lipinski definition) is 1. The monoisotopic (exact) mass is 295 g/mol. The van der Waals surface area contributed by atoms with Gasteiger partial charge in [-0.05, 0) is 50.3 Å². The molecule has 1 heterocycles. The summed E-state index contributed by atoms with van der Waals surface area (Å²) in [5.41, 5.74) is 0.709. The maximum Gasteiger partial charge on any atom is 0.168 e. The summed E-state index contributed by atoms with van der Waals surface area (Å²) in [5, 5.41) is 3.52. The molecule has 1 saturated heterocycles. The summed E-state index contributed by atoms with van der Waals surface area (Å²) < 4.78 is 25.1. The molecule has 0 bridgehead atoms. The summed E-state index contributed by atoms with van der Waals surface area (Å²) in [4.78, 5) is 0. The van der Waals surface area contributed by atoms with Crippen LogP contribution in [-0.4, -0.2) is 32.4 Å². The predicted octanol–water partition coefficient (Wildman–Crippen LogP) is 3.31. The first-order valence-corrected chi connectivity index (χ1v) is 7.91. The van der Waals surface area contributed by atoms with Crippen LogP contribution >= 0.6 is 0 Å². The van der Waals surface area contributed by atoms with Crippen molar-refractivity contribution in [3.05, 3.63) is 29.6 Å². The molecule has 118 valence electrons. The zero-order valence-corrected chi connectivity index (χ0v) is 13.0. The average Bonchev–Trinajstić information content (AvgIpc) is 3.00. The minimum atomic E-state index is -0.240. The molecule has 2 unspecified atom stereocenters. The summed E-state index contributed by atoms with van der Waals surface area (Å²) in [6.45, 7) is 3.95. The number of nitrogens with one attached hydrogen (secondary N) is 1. The van der Waals surface area contributed by atoms with E-state index < -0.39 is 0 Å². The Morgan fingerprint density at radius 2 is 2.33 bits per heavy atom. The summed E-state index contributed by atoms with van der Waals surface area (Å²) >= 11 is 0. The number of halogens is 1. The molecule has 2 atom stereocenters. The van der Waals surface area contributed by atoms with Crippen molar-refractivity contribution in [1.29, 1.82) is 0 Å². The van der Waals surface area contributed by atoms with Gasteiger partial charge in [0.15, 0.2) is 11.6 Å². The van der Waals surface area contributed by atoms with E-state index in [1.165, 1.54) is 7.11 Å². The fourth-order valence-electron chi connectivity index (χ4n) is 2.87. The van der Waals surface area contributed by atoms with Crippen molar-refractivity contribution < 1.29 is 13.9 Å². The van der Waals surface area contributed by atoms with E-state index >= 15 is 0 Å². The van der Waals surface area contributed by atoms with Gasteiger partial charge < -0.3 is 14.8 Å². The number of benzene rings is 1. The summed E-state index contributed by atoms with van der Waals surface area (Å²) in [6, 6.07) is 5.59. The maximum atomic E-state index is 14.3. The molecule has 1 aliphatic rings. The first-order valence-electron chi connectivity index (χ1n) is 7.91. The van der Waals surface area contributed by atoms with Gasteiger partial charge in [0.2, 0.25) is 0 Å². The van der Waals surface area contributed by atoms with Crippen LogP contribution < -0.4 is 10.1 Å². The van der Waals surface area contributed by atoms with Gasteiger partial charge in [-0.1, -0.05) is 19.1 Å². The third-order valence-corrected chi connectivity index (χ3v) is 3.98. The minimum Gasteiger partial charge on any atom is -0.494 e. The van der Waals surface area contributed by atoms with Gasteiger partial charge in [-0.25, -0.2) is 4.39 Å². The zero-order chi connectivity index (χ0) is 15.1. The van der Waals surface area contributed by atoms with E-state index in [2.05, 4.69) is 12.2 Å². The van der Waals surface area contributed by atoms with Crippen molar-refractivity contribution >= 4 is 0 Å². The van der Waals surface area contributed by atoms with Gasteiger partial charge in [0.05, 0.1) is 13.2 Å². The van der Waals surface area contributed by atoms with E-state index in [9.17, 15) is 4.39 Å². The second-order valence-electron chi connectivity index (χ2n) is 5.66. The molecule has 0 aromatic heterocycles. The van der Waals surface area contributed by atoms with Crippen molar-refractivity contribution in [3.63, 3.8) is 0 Å². The second-order valence-corrected chi connectivity index (χ2v) is 5.66. The van der Waals surface area contributed by atoms with Crippen LogP contribution in [-0.2, 0) is 11.2 Å². The van der Waals surface area contributed by atoms with Crippen molar-refractivity contribution in [2.45, 2.75) is 51.2 Å². The molecule has 0 aliphatic carbocycles. The minimum absolute atomic E-state index is 0.240. The Kier molecular flexibility index (Phi) is 6.46. The summed E-state index contributed by atoms with van der Waals surface area (Å²) in [7, 11) is 1.50. The van der Waals surface area contributed by atoms with E-state index in [1.807, 2.05) is 12.1 Å². The number of hydrogen-bond acceptors (Lipinski definition) is 3. The molecule has 1 N–H and O–H groups in total. The third kappa shape index (κ3) is 4.68. The first kappa shape index (κ1) is 16.2. The molecule has 21 heavy (non-hydrogen) atoms. The van der Waals surface area contributed by atoms with Gasteiger partial charge in [0.1, 0.15) is 0 Å². The molecule has 0 amide bonds. The molecule has 3 nitrogen and oxygen atoms in total. The molecule has 1 fully saturated rings. The lowest BCUT2D eigenvalue weighted by Crippen LogP contribution is -2.35. The van der Waals surface area contributed by atoms with Crippen LogP contribution in [0, 0.1) is 5.82 Å². The van der Waals surface area contributed by atoms with Crippen molar-refractivity contribution in [2.75, 3.05) is 20.3 Å². The van der Waals surface area contributed by atoms with Gasteiger partial charge in [-0.15, -0.1) is 0 Å². The Bertz CT molecular complexity index is 433. The lowest BCUT2D eigenvalue weighted by Gasteiger charge is -2.22. The Hall–Kier alpha value is -1.13. The van der Waals surface area contributed by atoms with E-state index in [4.69, 9.17) is 9.47 Å². The van der Waals surface area contributed by atoms with E-state index in [0.29, 0.717) is 23.8 Å². The van der Waals surface area contributed by atoms with Crippen molar-refractivity contribution in [3.8, 4) is 5.75 Å². The molecule has 1 aromatic carbocycles. The highest BCUT2D eigenvalue weighted by Crippen LogP contribution is 2.23. The van der Waals surface area contributed by atoms with Crippen LogP contribution in [0.5, 0.6) is 5.75 Å². The van der Waals surface area contributed by atoms with E-state index in [1.54, 1.807) is 6.07 Å². The SMILES string of the molecule is CCCNC(Cc1cccc(OC)c1F)CC1CCCO1. The lowest BCUT2D eigenvalue weighted by molar-refractivity contribution is 0.0945. The van der Waals surface area contributed by atoms with Crippen LogP contribution in [0.4, 0.5) is 4.39 Å². The first-order chi connectivity index (χ1) is 10.2. The number of rotatable bonds is 8. The normalized spacial score (nSPS) is 19.7. The highest BCUT2D eigenvalue weighted by atomic mass is 19.1. The van der Waals surface area contributed by atoms with Crippen molar-refractivity contribution in [1.82, 2.24) is 5.32 Å². The summed E-state index contributed by atoms with van der Waals surface area (Å²) in [5.74, 6) is 0.0782. The molecular weight excluding hydrogens is 269 g/mol. The number of ether oxygens (including phenoxy) is 2. The standard InChI is InChI=1S/C17H26FNO2/c1-3-9-19-14(12-15-7-5-10-21-15)11-13-6-4-8-16(20-2)17(13)18/h4,6,8,14-15,19H,3,5,7,9-12H2,1-2H3. The van der Waals surface area contributed by atoms with Crippen LogP contribution in [0.15, 0.2) is 18.2 Å². The average molecular weight is 295 g/mol. The molecule has 2 rings (SSSR count). The second kappa shape index (κ2) is 8.35. The molecule has 1 aliphatic heterocycles. The molecule has 1 aromatic rings. The Morgan fingerprint density at radius 1 is 1.48 bits per heavy atom. The Balaban J connectivity index is 2.02. The Morgan fingerprint density at radius 3 is 3.00 bits per heavy atom. The largest absolute Gasteiger partial charge is 0.494 e. The summed E-state index contributed by atoms with van der Waals surface area (Å²) in [6.07, 6.45) is 5.25. The van der Waals surface area contributed by atoms with Crippen molar-refractivity contribution in [2.24, 2.45) is 0 Å². The van der Waals surface area contributed by atoms with E-state index in [-0.39, 0.29) is 11.9 Å². The predicted molar refractivity (Wildman–Crippen MR) is 82.3 cm³/mol. The van der Waals surface area contributed by atoms with E-state index in [0.717, 1.165) is 38.8 Å². The highest BCUT2D eigenvalue weighted by Gasteiger charge is 2.22. The highest BCUT2D eigenvalue weighted by molar-refractivity contribution is 5.31. The smallest absolute Gasteiger partial charge is 0.168 e. The molecular formula is C17H26FNO2. The molecule has 0 spiro atoms. The van der Waals surface area contributed by atoms with Gasteiger partial charge in [0.25, 0.3) is 0 Å². The zero-order valence-electron chi connectivity index (χ0n) is 13.0. The fourth-order valence-corrected chi connectivity index (χ4v) is 2.87. The van der Waals surface area contributed by atoms with Crippen LogP contribution in [0.2, 0.25) is 0 Å². The number of methoxy groups -OCH3 is 1. The van der Waals surface area contributed by atoms with Crippen LogP contribution in [0.1, 0.15) is 38.2 Å². The van der Waals surface area contributed by atoms with Gasteiger partial charge in [0, 0.05) is 12.6 Å². The van der Waals surface area contributed by atoms with Crippen LogP contribution in [0.25, 0.3) is 0 Å². The Labute approximate surface area is 126 Å². The fraction of sp³-hybridized carbons (Fsp3) is 0.647. The maximum absolute atomic E-state index is 14.3. The van der Waals surface area contributed by atoms with Gasteiger partial charge in [-0.3, -0.25) is 0 Å². The topological polar surface area (TPSA) is 30.5 Å². The molecule has 0 saturated carbocycles. The third-order valence-electron chi connectivity index (χ3n) is 3.98. The quantitative estimate of drug-likeness (QED) is 0.798.